The van der Waals surface area contributed by atoms with Crippen molar-refractivity contribution in [1.82, 2.24) is 0 Å². The lowest BCUT2D eigenvalue weighted by molar-refractivity contribution is -0.137. The van der Waals surface area contributed by atoms with Crippen LogP contribution < -0.4 is 15.0 Å². The predicted molar refractivity (Wildman–Crippen MR) is 108 cm³/mol. The van der Waals surface area contributed by atoms with E-state index in [1.807, 2.05) is 0 Å². The highest BCUT2D eigenvalue weighted by Gasteiger charge is 2.41. The minimum atomic E-state index is -4.70. The van der Waals surface area contributed by atoms with Crippen LogP contribution >= 0.6 is 34.8 Å². The highest BCUT2D eigenvalue weighted by molar-refractivity contribution is 6.53. The maximum atomic E-state index is 13.1. The number of anilines is 2. The third-order valence-corrected chi connectivity index (χ3v) is 5.36. The summed E-state index contributed by atoms with van der Waals surface area (Å²) in [7, 11) is 1.37. The second-order valence-corrected chi connectivity index (χ2v) is 7.42. The van der Waals surface area contributed by atoms with Crippen LogP contribution in [-0.4, -0.2) is 18.9 Å². The van der Waals surface area contributed by atoms with Gasteiger partial charge in [-0.15, -0.1) is 0 Å². The minimum Gasteiger partial charge on any atom is -0.495 e. The fourth-order valence-electron chi connectivity index (χ4n) is 2.75. The average Bonchev–Trinajstić information content (AvgIpc) is 2.87. The normalized spacial score (nSPS) is 14.6. The van der Waals surface area contributed by atoms with Gasteiger partial charge in [-0.05, 0) is 36.8 Å². The molecule has 2 aromatic rings. The number of benzene rings is 2. The fourth-order valence-corrected chi connectivity index (χ4v) is 3.32. The molecule has 0 saturated heterocycles. The van der Waals surface area contributed by atoms with Crippen LogP contribution in [0.3, 0.4) is 0 Å². The molecule has 0 spiro atoms. The molecule has 1 heterocycles. The lowest BCUT2D eigenvalue weighted by Crippen LogP contribution is -2.32. The summed E-state index contributed by atoms with van der Waals surface area (Å²) in [5.74, 6) is -1.73. The van der Waals surface area contributed by atoms with Gasteiger partial charge in [0, 0.05) is 11.1 Å². The van der Waals surface area contributed by atoms with Crippen LogP contribution in [0.2, 0.25) is 10.0 Å². The summed E-state index contributed by atoms with van der Waals surface area (Å²) >= 11 is 18.1. The zero-order valence-corrected chi connectivity index (χ0v) is 17.6. The van der Waals surface area contributed by atoms with Gasteiger partial charge in [0.25, 0.3) is 11.8 Å². The first kappa shape index (κ1) is 22.3. The highest BCUT2D eigenvalue weighted by atomic mass is 35.5. The van der Waals surface area contributed by atoms with Crippen LogP contribution in [-0.2, 0) is 15.8 Å². The number of carbonyl (C=O) groups is 2. The lowest BCUT2D eigenvalue weighted by Gasteiger charge is -2.19. The number of hydrogen-bond acceptors (Lipinski definition) is 4. The van der Waals surface area contributed by atoms with Crippen LogP contribution in [0.15, 0.2) is 41.1 Å². The van der Waals surface area contributed by atoms with Crippen LogP contribution in [0.4, 0.5) is 24.5 Å². The molecule has 2 aromatic carbocycles. The Hall–Kier alpha value is -2.42. The second kappa shape index (κ2) is 8.02. The molecule has 0 atom stereocenters. The first-order chi connectivity index (χ1) is 14.0. The van der Waals surface area contributed by atoms with E-state index in [2.05, 4.69) is 5.32 Å². The number of carbonyl (C=O) groups excluding carboxylic acids is 2. The number of amides is 2. The molecule has 0 saturated carbocycles. The number of methoxy groups -OCH3 is 1. The van der Waals surface area contributed by atoms with Crippen molar-refractivity contribution in [3.63, 3.8) is 0 Å². The van der Waals surface area contributed by atoms with E-state index in [1.54, 1.807) is 13.0 Å². The SMILES string of the molecule is COc1cc(Cl)c(C)cc1NC1=C(Cl)C(=O)N(c2cc(C(F)(F)F)ccc2Cl)C1=O. The molecule has 3 rings (SSSR count). The molecule has 1 N–H and O–H groups in total. The number of nitrogens with one attached hydrogen (secondary N) is 1. The van der Waals surface area contributed by atoms with E-state index < -0.39 is 34.3 Å². The van der Waals surface area contributed by atoms with Gasteiger partial charge in [0.2, 0.25) is 0 Å². The number of rotatable bonds is 4. The summed E-state index contributed by atoms with van der Waals surface area (Å²) in [5.41, 5.74) is -0.919. The van der Waals surface area contributed by atoms with Crippen molar-refractivity contribution >= 4 is 58.0 Å². The van der Waals surface area contributed by atoms with Gasteiger partial charge in [0.1, 0.15) is 16.5 Å². The first-order valence-corrected chi connectivity index (χ1v) is 9.35. The number of alkyl halides is 3. The van der Waals surface area contributed by atoms with E-state index in [0.29, 0.717) is 21.6 Å². The predicted octanol–water partition coefficient (Wildman–Crippen LogP) is 5.76. The summed E-state index contributed by atoms with van der Waals surface area (Å²) in [6.45, 7) is 1.71. The summed E-state index contributed by atoms with van der Waals surface area (Å²) in [6.07, 6.45) is -4.70. The Kier molecular flexibility index (Phi) is 5.95. The van der Waals surface area contributed by atoms with Crippen molar-refractivity contribution < 1.29 is 27.5 Å². The van der Waals surface area contributed by atoms with E-state index in [4.69, 9.17) is 39.5 Å². The largest absolute Gasteiger partial charge is 0.495 e. The van der Waals surface area contributed by atoms with Crippen LogP contribution in [0.25, 0.3) is 0 Å². The molecule has 0 aliphatic carbocycles. The van der Waals surface area contributed by atoms with Crippen LogP contribution in [0.5, 0.6) is 5.75 Å². The molecule has 1 aliphatic heterocycles. The number of hydrogen-bond donors (Lipinski definition) is 1. The Labute approximate surface area is 184 Å². The topological polar surface area (TPSA) is 58.6 Å². The van der Waals surface area contributed by atoms with E-state index in [0.717, 1.165) is 12.1 Å². The molecular weight excluding hydrogens is 468 g/mol. The van der Waals surface area contributed by atoms with Gasteiger partial charge in [0.05, 0.1) is 29.1 Å². The van der Waals surface area contributed by atoms with Crippen molar-refractivity contribution in [2.75, 3.05) is 17.3 Å². The third kappa shape index (κ3) is 3.95. The molecule has 5 nitrogen and oxygen atoms in total. The molecule has 0 bridgehead atoms. The monoisotopic (exact) mass is 478 g/mol. The molecule has 0 radical (unpaired) electrons. The van der Waals surface area contributed by atoms with Gasteiger partial charge in [-0.1, -0.05) is 34.8 Å². The van der Waals surface area contributed by atoms with Gasteiger partial charge in [-0.3, -0.25) is 9.59 Å². The Morgan fingerprint density at radius 3 is 2.27 bits per heavy atom. The van der Waals surface area contributed by atoms with Gasteiger partial charge in [-0.2, -0.15) is 13.2 Å². The van der Waals surface area contributed by atoms with E-state index >= 15 is 0 Å². The summed E-state index contributed by atoms with van der Waals surface area (Å²) in [6, 6.07) is 5.36. The van der Waals surface area contributed by atoms with E-state index in [-0.39, 0.29) is 22.2 Å². The quantitative estimate of drug-likeness (QED) is 0.566. The summed E-state index contributed by atoms with van der Waals surface area (Å²) in [4.78, 5) is 26.0. The van der Waals surface area contributed by atoms with Crippen molar-refractivity contribution in [3.05, 3.63) is 62.2 Å². The van der Waals surface area contributed by atoms with Crippen LogP contribution in [0, 0.1) is 6.92 Å². The van der Waals surface area contributed by atoms with E-state index in [9.17, 15) is 22.8 Å². The molecule has 0 aromatic heterocycles. The number of nitrogens with zero attached hydrogens (tertiary/aromatic N) is 1. The molecule has 1 aliphatic rings. The molecule has 2 amide bonds. The van der Waals surface area contributed by atoms with Gasteiger partial charge < -0.3 is 10.1 Å². The average molecular weight is 480 g/mol. The minimum absolute atomic E-state index is 0.227. The Morgan fingerprint density at radius 1 is 1.00 bits per heavy atom. The highest BCUT2D eigenvalue weighted by Crippen LogP contribution is 2.40. The third-order valence-electron chi connectivity index (χ3n) is 4.28. The maximum Gasteiger partial charge on any atom is 0.416 e. The number of aryl methyl sites for hydroxylation is 1. The van der Waals surface area contributed by atoms with Crippen molar-refractivity contribution in [2.24, 2.45) is 0 Å². The molecule has 30 heavy (non-hydrogen) atoms. The number of ether oxygens (including phenoxy) is 1. The molecule has 11 heteroatoms. The maximum absolute atomic E-state index is 13.1. The van der Waals surface area contributed by atoms with Crippen molar-refractivity contribution in [1.29, 1.82) is 0 Å². The van der Waals surface area contributed by atoms with Gasteiger partial charge in [0.15, 0.2) is 0 Å². The summed E-state index contributed by atoms with van der Waals surface area (Å²) in [5, 5.41) is 2.38. The Morgan fingerprint density at radius 2 is 1.67 bits per heavy atom. The molecular formula is C19H12Cl3F3N2O3. The summed E-state index contributed by atoms with van der Waals surface area (Å²) < 4.78 is 44.4. The molecule has 0 unspecified atom stereocenters. The zero-order chi connectivity index (χ0) is 22.4. The number of halogens is 6. The van der Waals surface area contributed by atoms with Gasteiger partial charge >= 0.3 is 6.18 Å². The Bertz CT molecular complexity index is 1100. The smallest absolute Gasteiger partial charge is 0.416 e. The first-order valence-electron chi connectivity index (χ1n) is 8.22. The van der Waals surface area contributed by atoms with Crippen molar-refractivity contribution in [2.45, 2.75) is 13.1 Å². The molecule has 0 fully saturated rings. The number of imide groups is 1. The zero-order valence-electron chi connectivity index (χ0n) is 15.3. The second-order valence-electron chi connectivity index (χ2n) is 6.23. The Balaban J connectivity index is 2.02. The standard InChI is InChI=1S/C19H12Cl3F3N2O3/c1-8-5-12(14(30-2)7-11(8)21)26-16-15(22)17(28)27(18(16)29)13-6-9(19(23,24)25)3-4-10(13)20/h3-7,26H,1-2H3. The van der Waals surface area contributed by atoms with Crippen LogP contribution in [0.1, 0.15) is 11.1 Å². The van der Waals surface area contributed by atoms with Gasteiger partial charge in [-0.25, -0.2) is 4.90 Å². The fraction of sp³-hybridized carbons (Fsp3) is 0.158. The van der Waals surface area contributed by atoms with Crippen molar-refractivity contribution in [3.8, 4) is 5.75 Å². The molecule has 158 valence electrons. The lowest BCUT2D eigenvalue weighted by atomic mass is 10.1. The van der Waals surface area contributed by atoms with E-state index in [1.165, 1.54) is 13.2 Å².